The lowest BCUT2D eigenvalue weighted by Crippen LogP contribution is -2.45. The Hall–Kier alpha value is -1.49. The Morgan fingerprint density at radius 1 is 1.42 bits per heavy atom. The van der Waals surface area contributed by atoms with Crippen LogP contribution >= 0.6 is 0 Å². The van der Waals surface area contributed by atoms with Crippen LogP contribution in [0.25, 0.3) is 0 Å². The van der Waals surface area contributed by atoms with Crippen molar-refractivity contribution in [3.05, 3.63) is 24.3 Å². The average Bonchev–Trinajstić information content (AvgIpc) is 2.64. The maximum absolute atomic E-state index is 12.2. The summed E-state index contributed by atoms with van der Waals surface area (Å²) in [7, 11) is 2.04. The van der Waals surface area contributed by atoms with E-state index in [0.717, 1.165) is 31.5 Å². The van der Waals surface area contributed by atoms with Crippen molar-refractivity contribution in [2.45, 2.75) is 38.1 Å². The van der Waals surface area contributed by atoms with E-state index in [-0.39, 0.29) is 11.9 Å². The third kappa shape index (κ3) is 4.28. The highest BCUT2D eigenvalue weighted by Crippen LogP contribution is 2.15. The molecule has 1 fully saturated rings. The first-order valence-corrected chi connectivity index (χ1v) is 7.00. The minimum atomic E-state index is 0.0318. The molecule has 0 aromatic carbocycles. The van der Waals surface area contributed by atoms with E-state index in [1.807, 2.05) is 7.05 Å². The molecule has 1 aromatic rings. The molecule has 1 amide bonds. The summed E-state index contributed by atoms with van der Waals surface area (Å²) >= 11 is 0. The van der Waals surface area contributed by atoms with E-state index >= 15 is 0 Å². The predicted molar refractivity (Wildman–Crippen MR) is 73.6 cm³/mol. The number of aromatic nitrogens is 2. The number of likely N-dealkylation sites (N-methyl/N-ethyl adjacent to an activating group) is 1. The van der Waals surface area contributed by atoms with Crippen LogP contribution in [-0.2, 0) is 11.2 Å². The molecule has 0 aliphatic carbocycles. The number of likely N-dealkylation sites (tertiary alicyclic amines) is 1. The molecular weight excluding hydrogens is 240 g/mol. The van der Waals surface area contributed by atoms with E-state index in [4.69, 9.17) is 0 Å². The number of hydrogen-bond acceptors (Lipinski definition) is 4. The first kappa shape index (κ1) is 13.9. The van der Waals surface area contributed by atoms with Gasteiger partial charge in [0.05, 0.1) is 11.7 Å². The molecule has 1 saturated heterocycles. The Morgan fingerprint density at radius 3 is 3.11 bits per heavy atom. The monoisotopic (exact) mass is 262 g/mol. The van der Waals surface area contributed by atoms with Gasteiger partial charge in [0, 0.05) is 31.6 Å². The van der Waals surface area contributed by atoms with Crippen molar-refractivity contribution in [3.63, 3.8) is 0 Å². The van der Waals surface area contributed by atoms with E-state index in [9.17, 15) is 4.79 Å². The number of carbonyl (C=O) groups excluding carboxylic acids is 1. The molecule has 1 atom stereocenters. The predicted octanol–water partition coefficient (Wildman–Crippen LogP) is 1.01. The molecule has 1 aromatic heterocycles. The molecular formula is C14H22N4O. The van der Waals surface area contributed by atoms with Gasteiger partial charge in [0.1, 0.15) is 0 Å². The maximum atomic E-state index is 12.2. The largest absolute Gasteiger partial charge is 0.354 e. The van der Waals surface area contributed by atoms with Crippen molar-refractivity contribution in [1.29, 1.82) is 0 Å². The highest BCUT2D eigenvalue weighted by Gasteiger charge is 2.24. The van der Waals surface area contributed by atoms with Gasteiger partial charge in [-0.25, -0.2) is 0 Å². The molecule has 1 aliphatic heterocycles. The van der Waals surface area contributed by atoms with Crippen LogP contribution in [0.4, 0.5) is 0 Å². The van der Waals surface area contributed by atoms with E-state index in [1.165, 1.54) is 12.8 Å². The summed E-state index contributed by atoms with van der Waals surface area (Å²) in [6, 6.07) is 0.0318. The molecule has 0 saturated carbocycles. The van der Waals surface area contributed by atoms with Crippen LogP contribution in [0.15, 0.2) is 18.6 Å². The summed E-state index contributed by atoms with van der Waals surface area (Å²) in [6.07, 6.45) is 10.3. The molecule has 0 bridgehead atoms. The molecule has 0 spiro atoms. The Morgan fingerprint density at radius 2 is 2.32 bits per heavy atom. The Labute approximate surface area is 114 Å². The lowest BCUT2D eigenvalue weighted by atomic mass is 10.1. The second kappa shape index (κ2) is 7.19. The van der Waals surface area contributed by atoms with Crippen LogP contribution in [0.3, 0.4) is 0 Å². The van der Waals surface area contributed by atoms with Crippen LogP contribution in [0.2, 0.25) is 0 Å². The highest BCUT2D eigenvalue weighted by molar-refractivity contribution is 5.81. The first-order chi connectivity index (χ1) is 9.27. The van der Waals surface area contributed by atoms with Gasteiger partial charge in [-0.2, -0.15) is 0 Å². The van der Waals surface area contributed by atoms with Gasteiger partial charge in [-0.1, -0.05) is 12.8 Å². The second-order valence-corrected chi connectivity index (χ2v) is 5.08. The number of amides is 1. The van der Waals surface area contributed by atoms with Gasteiger partial charge in [0.2, 0.25) is 5.91 Å². The summed E-state index contributed by atoms with van der Waals surface area (Å²) in [4.78, 5) is 22.5. The van der Waals surface area contributed by atoms with E-state index in [1.54, 1.807) is 18.6 Å². The van der Waals surface area contributed by atoms with Crippen molar-refractivity contribution in [2.75, 3.05) is 20.1 Å². The Kier molecular flexibility index (Phi) is 5.27. The zero-order chi connectivity index (χ0) is 13.5. The summed E-state index contributed by atoms with van der Waals surface area (Å²) in [5.41, 5.74) is 0.914. The minimum Gasteiger partial charge on any atom is -0.354 e. The Balaban J connectivity index is 1.77. The molecule has 19 heavy (non-hydrogen) atoms. The van der Waals surface area contributed by atoms with Gasteiger partial charge in [-0.05, 0) is 26.4 Å². The second-order valence-electron chi connectivity index (χ2n) is 5.08. The zero-order valence-electron chi connectivity index (χ0n) is 11.5. The number of nitrogens with one attached hydrogen (secondary N) is 1. The molecule has 5 heteroatoms. The fraction of sp³-hybridized carbons (Fsp3) is 0.643. The molecule has 0 unspecified atom stereocenters. The Bertz CT molecular complexity index is 396. The van der Waals surface area contributed by atoms with Crippen molar-refractivity contribution in [1.82, 2.24) is 20.2 Å². The van der Waals surface area contributed by atoms with Gasteiger partial charge in [-0.3, -0.25) is 19.7 Å². The average molecular weight is 262 g/mol. The quantitative estimate of drug-likeness (QED) is 0.880. The summed E-state index contributed by atoms with van der Waals surface area (Å²) in [6.45, 7) is 1.64. The number of hydrogen-bond donors (Lipinski definition) is 1. The van der Waals surface area contributed by atoms with Gasteiger partial charge in [0.15, 0.2) is 0 Å². The smallest absolute Gasteiger partial charge is 0.237 e. The fourth-order valence-corrected chi connectivity index (χ4v) is 2.47. The van der Waals surface area contributed by atoms with Crippen LogP contribution in [-0.4, -0.2) is 47.0 Å². The van der Waals surface area contributed by atoms with Crippen LogP contribution in [0, 0.1) is 0 Å². The first-order valence-electron chi connectivity index (χ1n) is 7.00. The molecule has 2 heterocycles. The number of nitrogens with zero attached hydrogens (tertiary/aromatic N) is 3. The van der Waals surface area contributed by atoms with Gasteiger partial charge >= 0.3 is 0 Å². The summed E-state index contributed by atoms with van der Waals surface area (Å²) < 4.78 is 0. The normalized spacial score (nSPS) is 20.8. The molecule has 104 valence electrons. The van der Waals surface area contributed by atoms with Crippen LogP contribution in [0.5, 0.6) is 0 Å². The third-order valence-corrected chi connectivity index (χ3v) is 3.62. The minimum absolute atomic E-state index is 0.0318. The summed E-state index contributed by atoms with van der Waals surface area (Å²) in [5.74, 6) is 0.147. The fourth-order valence-electron chi connectivity index (χ4n) is 2.47. The number of rotatable bonds is 4. The molecule has 0 radical (unpaired) electrons. The standard InChI is InChI=1S/C14H22N4O/c1-18-10-4-2-3-5-13(18)14(19)17-7-6-12-11-15-8-9-16-12/h8-9,11,13H,2-7,10H2,1H3,(H,17,19)/t13-/m0/s1. The van der Waals surface area contributed by atoms with Crippen LogP contribution in [0.1, 0.15) is 31.4 Å². The SMILES string of the molecule is CN1CCCCC[C@H]1C(=O)NCCc1cnccn1. The highest BCUT2D eigenvalue weighted by atomic mass is 16.2. The van der Waals surface area contributed by atoms with Crippen molar-refractivity contribution in [2.24, 2.45) is 0 Å². The van der Waals surface area contributed by atoms with Gasteiger partial charge < -0.3 is 5.32 Å². The van der Waals surface area contributed by atoms with E-state index < -0.39 is 0 Å². The molecule has 5 nitrogen and oxygen atoms in total. The van der Waals surface area contributed by atoms with Gasteiger partial charge in [-0.15, -0.1) is 0 Å². The molecule has 1 N–H and O–H groups in total. The zero-order valence-corrected chi connectivity index (χ0v) is 11.5. The lowest BCUT2D eigenvalue weighted by molar-refractivity contribution is -0.126. The van der Waals surface area contributed by atoms with Gasteiger partial charge in [0.25, 0.3) is 0 Å². The van der Waals surface area contributed by atoms with E-state index in [2.05, 4.69) is 20.2 Å². The molecule has 2 rings (SSSR count). The maximum Gasteiger partial charge on any atom is 0.237 e. The lowest BCUT2D eigenvalue weighted by Gasteiger charge is -2.24. The number of carbonyl (C=O) groups is 1. The molecule has 1 aliphatic rings. The van der Waals surface area contributed by atoms with Crippen molar-refractivity contribution < 1.29 is 4.79 Å². The van der Waals surface area contributed by atoms with E-state index in [0.29, 0.717) is 6.54 Å². The third-order valence-electron chi connectivity index (χ3n) is 3.62. The topological polar surface area (TPSA) is 58.1 Å². The van der Waals surface area contributed by atoms with Crippen molar-refractivity contribution >= 4 is 5.91 Å². The summed E-state index contributed by atoms with van der Waals surface area (Å²) in [5, 5.41) is 3.01. The van der Waals surface area contributed by atoms with Crippen LogP contribution < -0.4 is 5.32 Å². The van der Waals surface area contributed by atoms with Crippen molar-refractivity contribution in [3.8, 4) is 0 Å².